The van der Waals surface area contributed by atoms with Crippen molar-refractivity contribution in [3.05, 3.63) is 70.7 Å². The summed E-state index contributed by atoms with van der Waals surface area (Å²) in [6.07, 6.45) is 1.68. The van der Waals surface area contributed by atoms with Crippen molar-refractivity contribution in [3.63, 3.8) is 0 Å². The Labute approximate surface area is 201 Å². The summed E-state index contributed by atoms with van der Waals surface area (Å²) in [5.41, 5.74) is 1.62. The van der Waals surface area contributed by atoms with E-state index in [9.17, 15) is 14.4 Å². The molecule has 0 unspecified atom stereocenters. The predicted octanol–water partition coefficient (Wildman–Crippen LogP) is 4.23. The lowest BCUT2D eigenvalue weighted by atomic mass is 9.75. The Kier molecular flexibility index (Phi) is 3.96. The minimum Gasteiger partial charge on any atom is -0.324 e. The molecule has 4 heterocycles. The Morgan fingerprint density at radius 2 is 1.79 bits per heavy atom. The molecule has 3 aromatic carbocycles. The summed E-state index contributed by atoms with van der Waals surface area (Å²) in [6, 6.07) is 16.9. The van der Waals surface area contributed by atoms with E-state index in [2.05, 4.69) is 10.2 Å². The average Bonchev–Trinajstić information content (AvgIpc) is 3.55. The molecule has 4 aliphatic rings. The Morgan fingerprint density at radius 1 is 1.00 bits per heavy atom. The maximum absolute atomic E-state index is 14.2. The number of benzene rings is 3. The lowest BCUT2D eigenvalue weighted by Crippen LogP contribution is -2.54. The van der Waals surface area contributed by atoms with Gasteiger partial charge in [-0.25, -0.2) is 4.90 Å². The summed E-state index contributed by atoms with van der Waals surface area (Å²) < 4.78 is 0. The van der Waals surface area contributed by atoms with E-state index >= 15 is 0 Å². The number of amides is 3. The van der Waals surface area contributed by atoms with Crippen LogP contribution in [-0.4, -0.2) is 35.2 Å². The van der Waals surface area contributed by atoms with Crippen molar-refractivity contribution in [1.82, 2.24) is 4.90 Å². The van der Waals surface area contributed by atoms with Gasteiger partial charge in [0.15, 0.2) is 0 Å². The third kappa shape index (κ3) is 2.19. The molecule has 7 heteroatoms. The number of rotatable bonds is 1. The minimum absolute atomic E-state index is 0.144. The number of carbonyl (C=O) groups is 3. The number of nitrogens with zero attached hydrogens (tertiary/aromatic N) is 2. The molecule has 1 N–H and O–H groups in total. The first-order chi connectivity index (χ1) is 16.5. The molecular formula is C27H22ClN3O3. The lowest BCUT2D eigenvalue weighted by molar-refractivity contribution is -0.135. The van der Waals surface area contributed by atoms with Crippen LogP contribution in [0.1, 0.15) is 24.0 Å². The van der Waals surface area contributed by atoms with Gasteiger partial charge in [0.1, 0.15) is 5.54 Å². The number of halogens is 1. The summed E-state index contributed by atoms with van der Waals surface area (Å²) >= 11 is 6.37. The third-order valence-corrected chi connectivity index (χ3v) is 8.78. The molecule has 1 spiro atoms. The molecule has 7 rings (SSSR count). The van der Waals surface area contributed by atoms with Crippen LogP contribution in [0.25, 0.3) is 10.8 Å². The monoisotopic (exact) mass is 471 g/mol. The molecule has 6 nitrogen and oxygen atoms in total. The minimum atomic E-state index is -1.19. The van der Waals surface area contributed by atoms with Crippen LogP contribution in [0.2, 0.25) is 5.02 Å². The second-order valence-electron chi connectivity index (χ2n) is 9.73. The van der Waals surface area contributed by atoms with Crippen molar-refractivity contribution in [2.75, 3.05) is 16.8 Å². The molecule has 170 valence electrons. The molecule has 0 radical (unpaired) electrons. The molecule has 3 saturated heterocycles. The van der Waals surface area contributed by atoms with E-state index < -0.39 is 17.4 Å². The Bertz CT molecular complexity index is 1450. The van der Waals surface area contributed by atoms with Crippen molar-refractivity contribution >= 4 is 51.5 Å². The molecule has 0 saturated carbocycles. The van der Waals surface area contributed by atoms with Gasteiger partial charge in [-0.1, -0.05) is 54.1 Å². The molecule has 3 amide bonds. The maximum atomic E-state index is 14.2. The van der Waals surface area contributed by atoms with Gasteiger partial charge >= 0.3 is 0 Å². The third-order valence-electron chi connectivity index (χ3n) is 8.37. The van der Waals surface area contributed by atoms with Crippen LogP contribution >= 0.6 is 11.6 Å². The fourth-order valence-electron chi connectivity index (χ4n) is 7.03. The zero-order chi connectivity index (χ0) is 23.4. The normalized spacial score (nSPS) is 29.8. The van der Waals surface area contributed by atoms with Gasteiger partial charge in [0, 0.05) is 22.0 Å². The van der Waals surface area contributed by atoms with E-state index in [1.807, 2.05) is 55.5 Å². The first-order valence-electron chi connectivity index (χ1n) is 11.7. The maximum Gasteiger partial charge on any atom is 0.250 e. The number of carbonyl (C=O) groups excluding carboxylic acids is 3. The molecule has 0 bridgehead atoms. The van der Waals surface area contributed by atoms with Crippen LogP contribution in [0.4, 0.5) is 11.4 Å². The lowest BCUT2D eigenvalue weighted by Gasteiger charge is -2.36. The highest BCUT2D eigenvalue weighted by molar-refractivity contribution is 6.32. The summed E-state index contributed by atoms with van der Waals surface area (Å²) in [4.78, 5) is 45.5. The number of fused-ring (bicyclic) bond motifs is 8. The van der Waals surface area contributed by atoms with Crippen molar-refractivity contribution < 1.29 is 14.4 Å². The van der Waals surface area contributed by atoms with E-state index in [0.29, 0.717) is 22.9 Å². The van der Waals surface area contributed by atoms with Gasteiger partial charge in [0.25, 0.3) is 0 Å². The van der Waals surface area contributed by atoms with Gasteiger partial charge < -0.3 is 5.32 Å². The predicted molar refractivity (Wildman–Crippen MR) is 130 cm³/mol. The summed E-state index contributed by atoms with van der Waals surface area (Å²) in [5, 5.41) is 5.41. The van der Waals surface area contributed by atoms with E-state index in [-0.39, 0.29) is 23.8 Å². The SMILES string of the molecule is Cc1c(Cl)ccc2c1NC(=O)[C@@]21[C@@H]2C(=O)N(c3cccc4ccccc34)C(=O)[C@H]2[C@@H]2CCCN21. The second-order valence-corrected chi connectivity index (χ2v) is 10.1. The first-order valence-corrected chi connectivity index (χ1v) is 12.1. The zero-order valence-corrected chi connectivity index (χ0v) is 19.3. The zero-order valence-electron chi connectivity index (χ0n) is 18.5. The van der Waals surface area contributed by atoms with Crippen LogP contribution in [0.15, 0.2) is 54.6 Å². The Morgan fingerprint density at radius 3 is 2.65 bits per heavy atom. The summed E-state index contributed by atoms with van der Waals surface area (Å²) in [5.74, 6) is -2.05. The molecule has 4 atom stereocenters. The van der Waals surface area contributed by atoms with Gasteiger partial charge in [0.2, 0.25) is 17.7 Å². The van der Waals surface area contributed by atoms with E-state index in [1.54, 1.807) is 6.07 Å². The molecule has 3 fully saturated rings. The largest absolute Gasteiger partial charge is 0.324 e. The van der Waals surface area contributed by atoms with Crippen LogP contribution in [0.3, 0.4) is 0 Å². The van der Waals surface area contributed by atoms with Crippen molar-refractivity contribution in [1.29, 1.82) is 0 Å². The highest BCUT2D eigenvalue weighted by Gasteiger charge is 2.74. The van der Waals surface area contributed by atoms with Gasteiger partial charge in [-0.3, -0.25) is 19.3 Å². The van der Waals surface area contributed by atoms with Gasteiger partial charge in [-0.05, 0) is 49.4 Å². The van der Waals surface area contributed by atoms with Gasteiger partial charge in [-0.2, -0.15) is 0 Å². The molecule has 3 aromatic rings. The number of imide groups is 1. The molecule has 0 aromatic heterocycles. The fraction of sp³-hybridized carbons (Fsp3) is 0.296. The second kappa shape index (κ2) is 6.68. The van der Waals surface area contributed by atoms with E-state index in [1.165, 1.54) is 4.90 Å². The quantitative estimate of drug-likeness (QED) is 0.539. The fourth-order valence-corrected chi connectivity index (χ4v) is 7.19. The Hall–Kier alpha value is -3.22. The first kappa shape index (κ1) is 20.2. The molecular weight excluding hydrogens is 450 g/mol. The molecule has 4 aliphatic heterocycles. The van der Waals surface area contributed by atoms with Crippen LogP contribution < -0.4 is 10.2 Å². The summed E-state index contributed by atoms with van der Waals surface area (Å²) in [6.45, 7) is 2.55. The highest BCUT2D eigenvalue weighted by atomic mass is 35.5. The van der Waals surface area contributed by atoms with Gasteiger partial charge in [-0.15, -0.1) is 0 Å². The molecule has 34 heavy (non-hydrogen) atoms. The Balaban J connectivity index is 1.46. The van der Waals surface area contributed by atoms with E-state index in [4.69, 9.17) is 11.6 Å². The summed E-state index contributed by atoms with van der Waals surface area (Å²) in [7, 11) is 0. The molecule has 0 aliphatic carbocycles. The topological polar surface area (TPSA) is 69.7 Å². The number of hydrogen-bond acceptors (Lipinski definition) is 4. The van der Waals surface area contributed by atoms with Crippen LogP contribution in [-0.2, 0) is 19.9 Å². The van der Waals surface area contributed by atoms with Crippen LogP contribution in [0.5, 0.6) is 0 Å². The van der Waals surface area contributed by atoms with Crippen molar-refractivity contribution in [2.45, 2.75) is 31.3 Å². The smallest absolute Gasteiger partial charge is 0.250 e. The standard InChI is InChI=1S/C27H22ClN3O3/c1-14-18(28)12-11-17-23(14)29-26(34)27(17)22-21(20-10-5-13-30(20)27)24(32)31(25(22)33)19-9-4-7-15-6-2-3-8-16(15)19/h2-4,6-9,11-12,20-22H,5,10,13H2,1H3,(H,29,34)/t20-,21-,22-,27-/m0/s1. The van der Waals surface area contributed by atoms with Crippen LogP contribution in [0, 0.1) is 18.8 Å². The van der Waals surface area contributed by atoms with Gasteiger partial charge in [0.05, 0.1) is 23.2 Å². The number of hydrogen-bond donors (Lipinski definition) is 1. The van der Waals surface area contributed by atoms with E-state index in [0.717, 1.165) is 34.7 Å². The number of nitrogens with one attached hydrogen (secondary N) is 1. The average molecular weight is 472 g/mol. The highest BCUT2D eigenvalue weighted by Crippen LogP contribution is 2.61. The number of anilines is 2. The van der Waals surface area contributed by atoms with Crippen molar-refractivity contribution in [3.8, 4) is 0 Å². The van der Waals surface area contributed by atoms with Crippen molar-refractivity contribution in [2.24, 2.45) is 11.8 Å².